The van der Waals surface area contributed by atoms with Crippen molar-refractivity contribution in [3.05, 3.63) is 0 Å². The molecule has 0 aromatic heterocycles. The normalized spacial score (nSPS) is 28.6. The van der Waals surface area contributed by atoms with Gasteiger partial charge in [0.15, 0.2) is 0 Å². The smallest absolute Gasteiger partial charge is 0.0779 e. The first kappa shape index (κ1) is 12.9. The molecule has 15 heavy (non-hydrogen) atoms. The van der Waals surface area contributed by atoms with Crippen molar-refractivity contribution in [2.75, 3.05) is 26.9 Å². The van der Waals surface area contributed by atoms with Gasteiger partial charge in [-0.15, -0.1) is 0 Å². The molecule has 0 spiro atoms. The zero-order chi connectivity index (χ0) is 11.3. The average molecular weight is 215 g/mol. The number of methoxy groups -OCH3 is 1. The maximum Gasteiger partial charge on any atom is 0.0779 e. The van der Waals surface area contributed by atoms with Crippen LogP contribution in [0.1, 0.15) is 33.6 Å². The van der Waals surface area contributed by atoms with Gasteiger partial charge in [-0.3, -0.25) is 0 Å². The first-order valence-corrected chi connectivity index (χ1v) is 5.94. The van der Waals surface area contributed by atoms with E-state index in [-0.39, 0.29) is 5.60 Å². The fraction of sp³-hybridized carbons (Fsp3) is 1.00. The zero-order valence-electron chi connectivity index (χ0n) is 10.5. The molecule has 0 aromatic rings. The Morgan fingerprint density at radius 3 is 2.67 bits per heavy atom. The highest BCUT2D eigenvalue weighted by Gasteiger charge is 2.30. The van der Waals surface area contributed by atoms with E-state index in [9.17, 15) is 0 Å². The minimum atomic E-state index is 0.0425. The van der Waals surface area contributed by atoms with E-state index in [4.69, 9.17) is 9.47 Å². The van der Waals surface area contributed by atoms with E-state index in [2.05, 4.69) is 26.1 Å². The van der Waals surface area contributed by atoms with E-state index in [1.54, 1.807) is 7.11 Å². The third-order valence-electron chi connectivity index (χ3n) is 3.19. The monoisotopic (exact) mass is 215 g/mol. The summed E-state index contributed by atoms with van der Waals surface area (Å²) in [6.07, 6.45) is 2.35. The lowest BCUT2D eigenvalue weighted by Crippen LogP contribution is -2.46. The van der Waals surface area contributed by atoms with E-state index < -0.39 is 0 Å². The molecule has 0 aliphatic carbocycles. The fourth-order valence-corrected chi connectivity index (χ4v) is 1.99. The molecule has 0 amide bonds. The molecule has 0 aromatic carbocycles. The molecule has 1 rings (SSSR count). The molecule has 2 atom stereocenters. The maximum absolute atomic E-state index is 5.75. The number of hydrogen-bond acceptors (Lipinski definition) is 3. The molecule has 2 unspecified atom stereocenters. The van der Waals surface area contributed by atoms with Gasteiger partial charge < -0.3 is 14.8 Å². The summed E-state index contributed by atoms with van der Waals surface area (Å²) in [5.74, 6) is 0.593. The SMILES string of the molecule is COCC(NCC1(C)CCCO1)C(C)C. The van der Waals surface area contributed by atoms with E-state index >= 15 is 0 Å². The van der Waals surface area contributed by atoms with Gasteiger partial charge in [0.1, 0.15) is 0 Å². The van der Waals surface area contributed by atoms with Crippen molar-refractivity contribution < 1.29 is 9.47 Å². The summed E-state index contributed by atoms with van der Waals surface area (Å²) in [6, 6.07) is 0.427. The van der Waals surface area contributed by atoms with Crippen LogP contribution in [-0.4, -0.2) is 38.5 Å². The van der Waals surface area contributed by atoms with E-state index in [0.29, 0.717) is 12.0 Å². The third kappa shape index (κ3) is 4.09. The first-order valence-electron chi connectivity index (χ1n) is 5.94. The molecule has 1 heterocycles. The van der Waals surface area contributed by atoms with Crippen LogP contribution >= 0.6 is 0 Å². The number of ether oxygens (including phenoxy) is 2. The highest BCUT2D eigenvalue weighted by Crippen LogP contribution is 2.24. The molecule has 1 fully saturated rings. The van der Waals surface area contributed by atoms with Crippen molar-refractivity contribution in [2.45, 2.75) is 45.3 Å². The summed E-state index contributed by atoms with van der Waals surface area (Å²) in [7, 11) is 1.75. The van der Waals surface area contributed by atoms with Gasteiger partial charge in [0.25, 0.3) is 0 Å². The Morgan fingerprint density at radius 2 is 2.20 bits per heavy atom. The summed E-state index contributed by atoms with van der Waals surface area (Å²) in [5.41, 5.74) is 0.0425. The summed E-state index contributed by atoms with van der Waals surface area (Å²) < 4.78 is 11.0. The Hall–Kier alpha value is -0.120. The maximum atomic E-state index is 5.75. The Labute approximate surface area is 93.5 Å². The molecule has 1 saturated heterocycles. The average Bonchev–Trinajstić information content (AvgIpc) is 2.60. The lowest BCUT2D eigenvalue weighted by Gasteiger charge is -2.29. The number of nitrogens with one attached hydrogen (secondary N) is 1. The minimum absolute atomic E-state index is 0.0425. The van der Waals surface area contributed by atoms with Crippen LogP contribution in [0.5, 0.6) is 0 Å². The van der Waals surface area contributed by atoms with Crippen LogP contribution < -0.4 is 5.32 Å². The van der Waals surface area contributed by atoms with Gasteiger partial charge in [-0.2, -0.15) is 0 Å². The Kier molecular flexibility index (Phi) is 5.03. The van der Waals surface area contributed by atoms with Crippen LogP contribution in [0.3, 0.4) is 0 Å². The quantitative estimate of drug-likeness (QED) is 0.733. The molecule has 0 bridgehead atoms. The molecule has 3 nitrogen and oxygen atoms in total. The molecule has 3 heteroatoms. The van der Waals surface area contributed by atoms with Crippen molar-refractivity contribution in [1.29, 1.82) is 0 Å². The van der Waals surface area contributed by atoms with Crippen LogP contribution in [0.4, 0.5) is 0 Å². The molecule has 1 aliphatic rings. The van der Waals surface area contributed by atoms with Crippen LogP contribution in [0.2, 0.25) is 0 Å². The Morgan fingerprint density at radius 1 is 1.47 bits per heavy atom. The van der Waals surface area contributed by atoms with Crippen molar-refractivity contribution in [3.63, 3.8) is 0 Å². The molecule has 0 radical (unpaired) electrons. The summed E-state index contributed by atoms with van der Waals surface area (Å²) in [6.45, 7) is 9.24. The second kappa shape index (κ2) is 5.83. The van der Waals surface area contributed by atoms with E-state index in [1.807, 2.05) is 0 Å². The van der Waals surface area contributed by atoms with Crippen molar-refractivity contribution >= 4 is 0 Å². The zero-order valence-corrected chi connectivity index (χ0v) is 10.5. The summed E-state index contributed by atoms with van der Waals surface area (Å²) in [4.78, 5) is 0. The lowest BCUT2D eigenvalue weighted by molar-refractivity contribution is 0.0142. The fourth-order valence-electron chi connectivity index (χ4n) is 1.99. The van der Waals surface area contributed by atoms with Crippen molar-refractivity contribution in [3.8, 4) is 0 Å². The number of hydrogen-bond donors (Lipinski definition) is 1. The summed E-state index contributed by atoms with van der Waals surface area (Å²) >= 11 is 0. The van der Waals surface area contributed by atoms with Crippen molar-refractivity contribution in [2.24, 2.45) is 5.92 Å². The van der Waals surface area contributed by atoms with Crippen molar-refractivity contribution in [1.82, 2.24) is 5.32 Å². The second-order valence-electron chi connectivity index (χ2n) is 5.09. The third-order valence-corrected chi connectivity index (χ3v) is 3.19. The molecule has 1 aliphatic heterocycles. The standard InChI is InChI=1S/C12H25NO2/c1-10(2)11(8-14-4)13-9-12(3)6-5-7-15-12/h10-11,13H,5-9H2,1-4H3. The molecular weight excluding hydrogens is 190 g/mol. The highest BCUT2D eigenvalue weighted by atomic mass is 16.5. The van der Waals surface area contributed by atoms with Gasteiger partial charge in [0, 0.05) is 26.3 Å². The topological polar surface area (TPSA) is 30.5 Å². The van der Waals surface area contributed by atoms with Crippen LogP contribution in [0.15, 0.2) is 0 Å². The van der Waals surface area contributed by atoms with Gasteiger partial charge in [-0.25, -0.2) is 0 Å². The largest absolute Gasteiger partial charge is 0.383 e. The van der Waals surface area contributed by atoms with Crippen LogP contribution in [0.25, 0.3) is 0 Å². The minimum Gasteiger partial charge on any atom is -0.383 e. The molecule has 90 valence electrons. The lowest BCUT2D eigenvalue weighted by atomic mass is 10.00. The second-order valence-corrected chi connectivity index (χ2v) is 5.09. The molecular formula is C12H25NO2. The Bertz CT molecular complexity index is 176. The predicted molar refractivity (Wildman–Crippen MR) is 62.1 cm³/mol. The van der Waals surface area contributed by atoms with Gasteiger partial charge in [-0.05, 0) is 25.7 Å². The molecule has 0 saturated carbocycles. The predicted octanol–water partition coefficient (Wildman–Crippen LogP) is 1.82. The Balaban J connectivity index is 2.32. The van der Waals surface area contributed by atoms with Gasteiger partial charge in [0.05, 0.1) is 12.2 Å². The van der Waals surface area contributed by atoms with Gasteiger partial charge >= 0.3 is 0 Å². The van der Waals surface area contributed by atoms with Crippen LogP contribution in [0, 0.1) is 5.92 Å². The first-order chi connectivity index (χ1) is 7.07. The summed E-state index contributed by atoms with van der Waals surface area (Å²) in [5, 5.41) is 3.55. The highest BCUT2D eigenvalue weighted by molar-refractivity contribution is 4.84. The number of rotatable bonds is 6. The molecule has 1 N–H and O–H groups in total. The van der Waals surface area contributed by atoms with Gasteiger partial charge in [0.2, 0.25) is 0 Å². The van der Waals surface area contributed by atoms with E-state index in [0.717, 1.165) is 26.2 Å². The van der Waals surface area contributed by atoms with Crippen LogP contribution in [-0.2, 0) is 9.47 Å². The van der Waals surface area contributed by atoms with Gasteiger partial charge in [-0.1, -0.05) is 13.8 Å². The van der Waals surface area contributed by atoms with E-state index in [1.165, 1.54) is 6.42 Å².